The molecule has 0 bridgehead atoms. The molecule has 0 saturated carbocycles. The number of rotatable bonds is 16. The van der Waals surface area contributed by atoms with Crippen LogP contribution >= 0.6 is 12.6 Å². The molecule has 41 heavy (non-hydrogen) atoms. The predicted octanol–water partition coefficient (Wildman–Crippen LogP) is 5.47. The quantitative estimate of drug-likeness (QED) is 0.160. The molecule has 1 aliphatic carbocycles. The van der Waals surface area contributed by atoms with Crippen LogP contribution in [0.2, 0.25) is 0 Å². The molecule has 0 radical (unpaired) electrons. The van der Waals surface area contributed by atoms with Crippen molar-refractivity contribution < 1.29 is 9.47 Å². The zero-order valence-corrected chi connectivity index (χ0v) is 26.8. The third-order valence-corrected chi connectivity index (χ3v) is 6.56. The molecule has 2 aliphatic rings. The fraction of sp³-hybridized carbons (Fsp3) is 0.545. The Labute approximate surface area is 254 Å². The van der Waals surface area contributed by atoms with E-state index in [4.69, 9.17) is 9.47 Å². The minimum Gasteiger partial charge on any atom is -0.470 e. The molecule has 8 heteroatoms. The molecule has 0 saturated heterocycles. The standard InChI is InChI=1S/C21H35N5O.C12H16OS/c1-18-17-27-21(23-22-18)20-10-8-19(9-11-20)16-26(14-6-12-24(2)3)15-7-13-25(4)5;14-11-10-13-9-8-12-6-4-2-1-3-5-7-12/h8-11H,6-7,12-17H2,1-5H3;1-3,6-7,14H,4,8-11H2/b;2-1-,12-6+. The van der Waals surface area contributed by atoms with Crippen molar-refractivity contribution in [1.29, 1.82) is 0 Å². The molecule has 0 atom stereocenters. The summed E-state index contributed by atoms with van der Waals surface area (Å²) < 4.78 is 11.0. The molecule has 0 amide bonds. The molecule has 1 heterocycles. The van der Waals surface area contributed by atoms with E-state index in [1.807, 2.05) is 25.2 Å². The van der Waals surface area contributed by atoms with Gasteiger partial charge in [0.1, 0.15) is 6.61 Å². The average molecular weight is 582 g/mol. The fourth-order valence-electron chi connectivity index (χ4n) is 4.17. The van der Waals surface area contributed by atoms with Gasteiger partial charge in [0, 0.05) is 17.9 Å². The number of thiol groups is 1. The summed E-state index contributed by atoms with van der Waals surface area (Å²) in [7, 11) is 8.54. The van der Waals surface area contributed by atoms with Crippen molar-refractivity contribution >= 4 is 24.2 Å². The van der Waals surface area contributed by atoms with Gasteiger partial charge in [-0.2, -0.15) is 17.7 Å². The second-order valence-electron chi connectivity index (χ2n) is 10.8. The number of allylic oxidation sites excluding steroid dienone is 4. The van der Waals surface area contributed by atoms with E-state index < -0.39 is 0 Å². The normalized spacial score (nSPS) is 16.8. The summed E-state index contributed by atoms with van der Waals surface area (Å²) in [6, 6.07) is 8.53. The molecule has 0 spiro atoms. The van der Waals surface area contributed by atoms with E-state index >= 15 is 0 Å². The van der Waals surface area contributed by atoms with Crippen LogP contribution in [0.5, 0.6) is 0 Å². The summed E-state index contributed by atoms with van der Waals surface area (Å²) in [6.45, 7) is 9.42. The van der Waals surface area contributed by atoms with Gasteiger partial charge in [0.15, 0.2) is 0 Å². The Balaban J connectivity index is 0.000000353. The molecule has 0 fully saturated rings. The number of benzene rings is 1. The highest BCUT2D eigenvalue weighted by atomic mass is 32.1. The molecule has 7 nitrogen and oxygen atoms in total. The minimum atomic E-state index is 0.520. The van der Waals surface area contributed by atoms with Crippen LogP contribution in [0.25, 0.3) is 0 Å². The average Bonchev–Trinajstić information content (AvgIpc) is 2.93. The van der Waals surface area contributed by atoms with Crippen LogP contribution in [0, 0.1) is 0 Å². The second-order valence-corrected chi connectivity index (χ2v) is 11.3. The van der Waals surface area contributed by atoms with Crippen molar-refractivity contribution in [3.8, 4) is 0 Å². The topological polar surface area (TPSA) is 52.9 Å². The van der Waals surface area contributed by atoms with Crippen LogP contribution in [0.1, 0.15) is 43.7 Å². The van der Waals surface area contributed by atoms with Gasteiger partial charge in [-0.3, -0.25) is 4.90 Å². The van der Waals surface area contributed by atoms with E-state index in [9.17, 15) is 0 Å². The lowest BCUT2D eigenvalue weighted by molar-refractivity contribution is 0.154. The van der Waals surface area contributed by atoms with Gasteiger partial charge in [-0.15, -0.1) is 10.8 Å². The molecule has 226 valence electrons. The highest BCUT2D eigenvalue weighted by molar-refractivity contribution is 7.80. The van der Waals surface area contributed by atoms with E-state index in [2.05, 4.69) is 108 Å². The first-order valence-corrected chi connectivity index (χ1v) is 15.3. The Kier molecular flexibility index (Phi) is 18.0. The first kappa shape index (κ1) is 34.7. The highest BCUT2D eigenvalue weighted by Crippen LogP contribution is 2.12. The van der Waals surface area contributed by atoms with E-state index in [0.29, 0.717) is 12.5 Å². The van der Waals surface area contributed by atoms with Gasteiger partial charge in [0.2, 0.25) is 5.90 Å². The first-order chi connectivity index (χ1) is 19.9. The Bertz CT molecular complexity index is 1040. The number of nitrogens with zero attached hydrogens (tertiary/aromatic N) is 5. The second kappa shape index (κ2) is 21.3. The molecular formula is C33H51N5O2S. The maximum absolute atomic E-state index is 5.65. The van der Waals surface area contributed by atoms with Gasteiger partial charge in [0.05, 0.1) is 18.9 Å². The minimum absolute atomic E-state index is 0.520. The molecule has 0 N–H and O–H groups in total. The molecule has 3 rings (SSSR count). The van der Waals surface area contributed by atoms with Crippen LogP contribution in [0.15, 0.2) is 76.2 Å². The van der Waals surface area contributed by atoms with E-state index in [1.165, 1.54) is 24.0 Å². The third-order valence-electron chi connectivity index (χ3n) is 6.38. The molecule has 1 aromatic carbocycles. The Morgan fingerprint density at radius 3 is 2.27 bits per heavy atom. The van der Waals surface area contributed by atoms with Crippen molar-refractivity contribution in [3.05, 3.63) is 77.1 Å². The molecular weight excluding hydrogens is 530 g/mol. The summed E-state index contributed by atoms with van der Waals surface area (Å²) in [5.41, 5.74) is 7.61. The smallest absolute Gasteiger partial charge is 0.241 e. The molecule has 1 aromatic rings. The van der Waals surface area contributed by atoms with Gasteiger partial charge in [0.25, 0.3) is 0 Å². The summed E-state index contributed by atoms with van der Waals surface area (Å²) in [5.74, 6) is 1.40. The predicted molar refractivity (Wildman–Crippen MR) is 177 cm³/mol. The number of ether oxygens (including phenoxy) is 2. The van der Waals surface area contributed by atoms with E-state index in [1.54, 1.807) is 0 Å². The van der Waals surface area contributed by atoms with Crippen molar-refractivity contribution in [1.82, 2.24) is 14.7 Å². The number of hydrogen-bond acceptors (Lipinski definition) is 8. The molecule has 0 unspecified atom stereocenters. The van der Waals surface area contributed by atoms with Gasteiger partial charge in [-0.1, -0.05) is 30.4 Å². The fourth-order valence-corrected chi connectivity index (χ4v) is 4.30. The molecule has 0 aromatic heterocycles. The maximum atomic E-state index is 5.65. The van der Waals surface area contributed by atoms with E-state index in [-0.39, 0.29) is 0 Å². The van der Waals surface area contributed by atoms with Crippen molar-refractivity contribution in [2.45, 2.75) is 39.2 Å². The van der Waals surface area contributed by atoms with Crippen LogP contribution in [0.4, 0.5) is 0 Å². The summed E-state index contributed by atoms with van der Waals surface area (Å²) in [4.78, 5) is 7.06. The van der Waals surface area contributed by atoms with Gasteiger partial charge in [-0.25, -0.2) is 0 Å². The third kappa shape index (κ3) is 16.5. The van der Waals surface area contributed by atoms with Crippen LogP contribution in [-0.4, -0.2) is 106 Å². The van der Waals surface area contributed by atoms with Crippen LogP contribution in [-0.2, 0) is 16.0 Å². The zero-order chi connectivity index (χ0) is 29.7. The Morgan fingerprint density at radius 2 is 1.66 bits per heavy atom. The van der Waals surface area contributed by atoms with Gasteiger partial charge < -0.3 is 19.3 Å². The summed E-state index contributed by atoms with van der Waals surface area (Å²) >= 11 is 4.08. The maximum Gasteiger partial charge on any atom is 0.241 e. The van der Waals surface area contributed by atoms with Crippen molar-refractivity contribution in [2.24, 2.45) is 10.2 Å². The van der Waals surface area contributed by atoms with E-state index in [0.717, 1.165) is 75.8 Å². The lowest BCUT2D eigenvalue weighted by Gasteiger charge is -2.24. The van der Waals surface area contributed by atoms with Gasteiger partial charge in [-0.05, 0) is 122 Å². The van der Waals surface area contributed by atoms with Crippen molar-refractivity contribution in [3.63, 3.8) is 0 Å². The SMILES string of the molecule is CC1=NN=C(c2ccc(CN(CCCN(C)C)CCCN(C)C)cc2)OC1.SCCOCC/C1=C/C/C=C\C=C=C1. The van der Waals surface area contributed by atoms with Crippen LogP contribution < -0.4 is 0 Å². The summed E-state index contributed by atoms with van der Waals surface area (Å²) in [6.07, 6.45) is 14.6. The lowest BCUT2D eigenvalue weighted by atomic mass is 10.1. The van der Waals surface area contributed by atoms with Gasteiger partial charge >= 0.3 is 0 Å². The zero-order valence-electron chi connectivity index (χ0n) is 25.9. The summed E-state index contributed by atoms with van der Waals surface area (Å²) in [5, 5.41) is 8.27. The van der Waals surface area contributed by atoms with Crippen LogP contribution in [0.3, 0.4) is 0 Å². The highest BCUT2D eigenvalue weighted by Gasteiger charge is 2.11. The number of hydrogen-bond donors (Lipinski definition) is 1. The largest absolute Gasteiger partial charge is 0.470 e. The monoisotopic (exact) mass is 581 g/mol. The first-order valence-electron chi connectivity index (χ1n) is 14.7. The Hall–Kier alpha value is -2.45. The molecule has 1 aliphatic heterocycles. The van der Waals surface area contributed by atoms with Crippen molar-refractivity contribution in [2.75, 3.05) is 79.9 Å². The Morgan fingerprint density at radius 1 is 0.951 bits per heavy atom. The lowest BCUT2D eigenvalue weighted by Crippen LogP contribution is -2.30.